The van der Waals surface area contributed by atoms with Crippen molar-refractivity contribution in [3.05, 3.63) is 24.3 Å². The Kier molecular flexibility index (Phi) is 6.02. The number of ether oxygens (including phenoxy) is 1. The highest BCUT2D eigenvalue weighted by molar-refractivity contribution is 5.92. The Hall–Kier alpha value is -1.59. The zero-order valence-corrected chi connectivity index (χ0v) is 12.9. The molecule has 0 aromatic heterocycles. The van der Waals surface area contributed by atoms with E-state index in [0.29, 0.717) is 12.6 Å². The Morgan fingerprint density at radius 1 is 1.38 bits per heavy atom. The van der Waals surface area contributed by atoms with Gasteiger partial charge >= 0.3 is 0 Å². The molecular formula is C16H25N3O2. The zero-order chi connectivity index (χ0) is 15.1. The van der Waals surface area contributed by atoms with E-state index in [1.165, 1.54) is 25.9 Å². The van der Waals surface area contributed by atoms with Crippen LogP contribution in [-0.2, 0) is 4.79 Å². The first-order chi connectivity index (χ1) is 10.2. The largest absolute Gasteiger partial charge is 0.497 e. The van der Waals surface area contributed by atoms with Gasteiger partial charge in [0.15, 0.2) is 0 Å². The van der Waals surface area contributed by atoms with Gasteiger partial charge in [-0.3, -0.25) is 4.79 Å². The maximum Gasteiger partial charge on any atom is 0.238 e. The fourth-order valence-electron chi connectivity index (χ4n) is 2.59. The lowest BCUT2D eigenvalue weighted by molar-refractivity contribution is -0.115. The first kappa shape index (κ1) is 15.8. The Balaban J connectivity index is 1.71. The van der Waals surface area contributed by atoms with E-state index >= 15 is 0 Å². The number of anilines is 1. The third-order valence-electron chi connectivity index (χ3n) is 3.70. The molecule has 5 heteroatoms. The van der Waals surface area contributed by atoms with Crippen molar-refractivity contribution in [3.63, 3.8) is 0 Å². The predicted molar refractivity (Wildman–Crippen MR) is 84.8 cm³/mol. The number of nitrogens with zero attached hydrogens (tertiary/aromatic N) is 1. The summed E-state index contributed by atoms with van der Waals surface area (Å²) in [6.07, 6.45) is 2.59. The molecule has 21 heavy (non-hydrogen) atoms. The third kappa shape index (κ3) is 5.36. The number of amides is 1. The molecule has 0 bridgehead atoms. The molecule has 1 aliphatic rings. The van der Waals surface area contributed by atoms with Gasteiger partial charge in [0.05, 0.1) is 13.7 Å². The smallest absolute Gasteiger partial charge is 0.238 e. The second kappa shape index (κ2) is 8.00. The summed E-state index contributed by atoms with van der Waals surface area (Å²) in [6.45, 7) is 5.82. The van der Waals surface area contributed by atoms with Crippen LogP contribution >= 0.6 is 0 Å². The van der Waals surface area contributed by atoms with Crippen molar-refractivity contribution < 1.29 is 9.53 Å². The molecule has 1 saturated heterocycles. The van der Waals surface area contributed by atoms with E-state index in [9.17, 15) is 4.79 Å². The molecule has 1 fully saturated rings. The number of hydrogen-bond donors (Lipinski definition) is 2. The van der Waals surface area contributed by atoms with Crippen molar-refractivity contribution in [1.29, 1.82) is 0 Å². The standard InChI is InChI=1S/C16H25N3O2/c1-13(12-19-8-3-4-9-19)17-11-16(20)18-14-6-5-7-15(10-14)21-2/h5-7,10,13,17H,3-4,8-9,11-12H2,1-2H3,(H,18,20). The van der Waals surface area contributed by atoms with E-state index in [0.717, 1.165) is 18.0 Å². The van der Waals surface area contributed by atoms with E-state index in [4.69, 9.17) is 4.74 Å². The van der Waals surface area contributed by atoms with Crippen LogP contribution in [0.1, 0.15) is 19.8 Å². The minimum Gasteiger partial charge on any atom is -0.497 e. The van der Waals surface area contributed by atoms with Crippen LogP contribution in [0, 0.1) is 0 Å². The van der Waals surface area contributed by atoms with Crippen LogP contribution in [-0.4, -0.2) is 50.1 Å². The highest BCUT2D eigenvalue weighted by atomic mass is 16.5. The number of carbonyl (C=O) groups is 1. The van der Waals surface area contributed by atoms with Crippen molar-refractivity contribution >= 4 is 11.6 Å². The molecule has 0 saturated carbocycles. The summed E-state index contributed by atoms with van der Waals surface area (Å²) in [5.74, 6) is 0.708. The van der Waals surface area contributed by atoms with E-state index in [1.807, 2.05) is 24.3 Å². The second-order valence-electron chi connectivity index (χ2n) is 5.57. The molecule has 0 spiro atoms. The number of methoxy groups -OCH3 is 1. The van der Waals surface area contributed by atoms with Gasteiger partial charge in [0.2, 0.25) is 5.91 Å². The van der Waals surface area contributed by atoms with Gasteiger partial charge < -0.3 is 20.3 Å². The average molecular weight is 291 g/mol. The molecule has 1 aliphatic heterocycles. The van der Waals surface area contributed by atoms with Crippen LogP contribution in [0.3, 0.4) is 0 Å². The van der Waals surface area contributed by atoms with E-state index in [2.05, 4.69) is 22.5 Å². The van der Waals surface area contributed by atoms with Crippen molar-refractivity contribution in [2.45, 2.75) is 25.8 Å². The number of benzene rings is 1. The van der Waals surface area contributed by atoms with Crippen LogP contribution in [0.4, 0.5) is 5.69 Å². The average Bonchev–Trinajstić information content (AvgIpc) is 2.98. The summed E-state index contributed by atoms with van der Waals surface area (Å²) < 4.78 is 5.14. The van der Waals surface area contributed by atoms with Crippen molar-refractivity contribution in [1.82, 2.24) is 10.2 Å². The molecule has 1 heterocycles. The fourth-order valence-corrected chi connectivity index (χ4v) is 2.59. The number of hydrogen-bond acceptors (Lipinski definition) is 4. The third-order valence-corrected chi connectivity index (χ3v) is 3.70. The summed E-state index contributed by atoms with van der Waals surface area (Å²) in [7, 11) is 1.61. The molecule has 0 radical (unpaired) electrons. The highest BCUT2D eigenvalue weighted by Gasteiger charge is 2.14. The maximum absolute atomic E-state index is 11.9. The van der Waals surface area contributed by atoms with Crippen LogP contribution in [0.25, 0.3) is 0 Å². The topological polar surface area (TPSA) is 53.6 Å². The van der Waals surface area contributed by atoms with Gasteiger partial charge in [-0.2, -0.15) is 0 Å². The summed E-state index contributed by atoms with van der Waals surface area (Å²) in [6, 6.07) is 7.70. The number of nitrogens with one attached hydrogen (secondary N) is 2. The fraction of sp³-hybridized carbons (Fsp3) is 0.562. The van der Waals surface area contributed by atoms with Gasteiger partial charge in [-0.25, -0.2) is 0 Å². The first-order valence-electron chi connectivity index (χ1n) is 7.57. The van der Waals surface area contributed by atoms with Gasteiger partial charge in [0.1, 0.15) is 5.75 Å². The van der Waals surface area contributed by atoms with Gasteiger partial charge in [-0.05, 0) is 45.0 Å². The monoisotopic (exact) mass is 291 g/mol. The van der Waals surface area contributed by atoms with E-state index < -0.39 is 0 Å². The lowest BCUT2D eigenvalue weighted by atomic mass is 10.3. The molecule has 1 aromatic carbocycles. The number of carbonyl (C=O) groups excluding carboxylic acids is 1. The van der Waals surface area contributed by atoms with Crippen LogP contribution in [0.15, 0.2) is 24.3 Å². The minimum atomic E-state index is -0.0310. The Morgan fingerprint density at radius 2 is 2.14 bits per heavy atom. The van der Waals surface area contributed by atoms with Gasteiger partial charge in [0, 0.05) is 24.3 Å². The van der Waals surface area contributed by atoms with Gasteiger partial charge in [0.25, 0.3) is 0 Å². The lowest BCUT2D eigenvalue weighted by Crippen LogP contribution is -2.41. The van der Waals surface area contributed by atoms with Crippen molar-refractivity contribution in [3.8, 4) is 5.75 Å². The summed E-state index contributed by atoms with van der Waals surface area (Å²) in [5, 5.41) is 6.14. The normalized spacial score (nSPS) is 16.7. The van der Waals surface area contributed by atoms with Crippen LogP contribution in [0.5, 0.6) is 5.75 Å². The van der Waals surface area contributed by atoms with E-state index in [-0.39, 0.29) is 5.91 Å². The van der Waals surface area contributed by atoms with Crippen molar-refractivity contribution in [2.24, 2.45) is 0 Å². The number of rotatable bonds is 7. The van der Waals surface area contributed by atoms with Crippen LogP contribution in [0.2, 0.25) is 0 Å². The summed E-state index contributed by atoms with van der Waals surface area (Å²) >= 11 is 0. The first-order valence-corrected chi connectivity index (χ1v) is 7.57. The molecule has 1 amide bonds. The van der Waals surface area contributed by atoms with Gasteiger partial charge in [-0.1, -0.05) is 6.07 Å². The zero-order valence-electron chi connectivity index (χ0n) is 12.9. The molecular weight excluding hydrogens is 266 g/mol. The van der Waals surface area contributed by atoms with Crippen LogP contribution < -0.4 is 15.4 Å². The molecule has 2 rings (SSSR count). The molecule has 5 nitrogen and oxygen atoms in total. The van der Waals surface area contributed by atoms with Crippen molar-refractivity contribution in [2.75, 3.05) is 38.6 Å². The predicted octanol–water partition coefficient (Wildman–Crippen LogP) is 1.71. The van der Waals surface area contributed by atoms with Gasteiger partial charge in [-0.15, -0.1) is 0 Å². The molecule has 1 aromatic rings. The molecule has 1 atom stereocenters. The van der Waals surface area contributed by atoms with E-state index in [1.54, 1.807) is 7.11 Å². The molecule has 2 N–H and O–H groups in total. The molecule has 1 unspecified atom stereocenters. The Morgan fingerprint density at radius 3 is 2.86 bits per heavy atom. The highest BCUT2D eigenvalue weighted by Crippen LogP contribution is 2.16. The summed E-state index contributed by atoms with van der Waals surface area (Å²) in [5.41, 5.74) is 0.758. The quantitative estimate of drug-likeness (QED) is 0.803. The second-order valence-corrected chi connectivity index (χ2v) is 5.57. The molecule has 0 aliphatic carbocycles. The Bertz CT molecular complexity index is 459. The number of likely N-dealkylation sites (tertiary alicyclic amines) is 1. The molecule has 116 valence electrons. The SMILES string of the molecule is COc1cccc(NC(=O)CNC(C)CN2CCCC2)c1. The lowest BCUT2D eigenvalue weighted by Gasteiger charge is -2.21. The maximum atomic E-state index is 11.9. The Labute approximate surface area is 126 Å². The minimum absolute atomic E-state index is 0.0310. The summed E-state index contributed by atoms with van der Waals surface area (Å²) in [4.78, 5) is 14.4.